The van der Waals surface area contributed by atoms with Crippen LogP contribution in [0.3, 0.4) is 0 Å². The maximum atomic E-state index is 13.9. The minimum atomic E-state index is -3.96. The second-order valence-electron chi connectivity index (χ2n) is 9.74. The van der Waals surface area contributed by atoms with Crippen LogP contribution in [0.1, 0.15) is 51.2 Å². The SMILES string of the molecule is Cc1cc(C)cc(N(C2(O)CC3CCC2(C)C3(C)C)S(=O)(=O)c2ccccc2)c1. The van der Waals surface area contributed by atoms with Crippen molar-refractivity contribution in [3.63, 3.8) is 0 Å². The topological polar surface area (TPSA) is 57.6 Å². The number of hydrogen-bond donors (Lipinski definition) is 1. The lowest BCUT2D eigenvalue weighted by Crippen LogP contribution is -2.61. The van der Waals surface area contributed by atoms with E-state index in [0.717, 1.165) is 24.0 Å². The Labute approximate surface area is 174 Å². The number of benzene rings is 2. The zero-order valence-corrected chi connectivity index (χ0v) is 18.8. The molecule has 2 aromatic rings. The van der Waals surface area contributed by atoms with Gasteiger partial charge in [0, 0.05) is 11.8 Å². The van der Waals surface area contributed by atoms with Crippen LogP contribution >= 0.6 is 0 Å². The van der Waals surface area contributed by atoms with E-state index in [1.807, 2.05) is 32.0 Å². The van der Waals surface area contributed by atoms with Crippen LogP contribution in [0, 0.1) is 30.6 Å². The van der Waals surface area contributed by atoms with Gasteiger partial charge in [0.2, 0.25) is 0 Å². The fraction of sp³-hybridized carbons (Fsp3) is 0.500. The smallest absolute Gasteiger partial charge is 0.266 e. The van der Waals surface area contributed by atoms with Crippen molar-refractivity contribution in [2.75, 3.05) is 4.31 Å². The van der Waals surface area contributed by atoms with Gasteiger partial charge < -0.3 is 5.11 Å². The molecule has 29 heavy (non-hydrogen) atoms. The first-order chi connectivity index (χ1) is 13.4. The van der Waals surface area contributed by atoms with Gasteiger partial charge in [-0.05, 0) is 73.4 Å². The largest absolute Gasteiger partial charge is 0.369 e. The number of fused-ring (bicyclic) bond motifs is 2. The summed E-state index contributed by atoms with van der Waals surface area (Å²) >= 11 is 0. The minimum Gasteiger partial charge on any atom is -0.369 e. The Hall–Kier alpha value is -1.85. The van der Waals surface area contributed by atoms with Gasteiger partial charge >= 0.3 is 0 Å². The summed E-state index contributed by atoms with van der Waals surface area (Å²) in [6, 6.07) is 14.2. The maximum absolute atomic E-state index is 13.9. The molecule has 3 unspecified atom stereocenters. The number of aryl methyl sites for hydroxylation is 2. The average molecular weight is 414 g/mol. The third-order valence-electron chi connectivity index (χ3n) is 7.91. The van der Waals surface area contributed by atoms with Crippen LogP contribution in [0.2, 0.25) is 0 Å². The first-order valence-electron chi connectivity index (χ1n) is 10.3. The van der Waals surface area contributed by atoms with E-state index in [9.17, 15) is 13.5 Å². The Balaban J connectivity index is 1.98. The lowest BCUT2D eigenvalue weighted by molar-refractivity contribution is -0.0792. The van der Waals surface area contributed by atoms with Gasteiger partial charge in [-0.2, -0.15) is 0 Å². The Bertz CT molecular complexity index is 1030. The molecule has 2 aliphatic rings. The highest BCUT2D eigenvalue weighted by Crippen LogP contribution is 2.71. The van der Waals surface area contributed by atoms with E-state index in [1.54, 1.807) is 30.3 Å². The molecule has 2 bridgehead atoms. The molecule has 3 atom stereocenters. The van der Waals surface area contributed by atoms with Crippen LogP contribution in [0.4, 0.5) is 5.69 Å². The number of hydrogen-bond acceptors (Lipinski definition) is 3. The van der Waals surface area contributed by atoms with Crippen molar-refractivity contribution in [3.8, 4) is 0 Å². The number of anilines is 1. The molecule has 0 amide bonds. The van der Waals surface area contributed by atoms with Crippen LogP contribution in [-0.2, 0) is 10.0 Å². The zero-order chi connectivity index (χ0) is 21.2. The normalized spacial score (nSPS) is 30.5. The molecule has 2 aromatic carbocycles. The third-order valence-corrected chi connectivity index (χ3v) is 9.77. The van der Waals surface area contributed by atoms with Gasteiger partial charge in [-0.25, -0.2) is 12.7 Å². The first kappa shape index (κ1) is 20.4. The predicted molar refractivity (Wildman–Crippen MR) is 116 cm³/mol. The highest BCUT2D eigenvalue weighted by molar-refractivity contribution is 7.92. The molecular formula is C24H31NO3S. The fourth-order valence-corrected chi connectivity index (χ4v) is 7.63. The van der Waals surface area contributed by atoms with Gasteiger partial charge in [-0.15, -0.1) is 0 Å². The standard InChI is InChI=1S/C24H31NO3S/c1-17-13-18(2)15-20(14-17)25(29(27,28)21-9-7-6-8-10-21)24(26)16-19-11-12-23(24,5)22(19,3)4/h6-10,13-15,19,26H,11-12,16H2,1-5H3. The number of rotatable bonds is 4. The van der Waals surface area contributed by atoms with Gasteiger partial charge in [0.05, 0.1) is 10.6 Å². The van der Waals surface area contributed by atoms with Crippen molar-refractivity contribution in [3.05, 3.63) is 59.7 Å². The van der Waals surface area contributed by atoms with E-state index in [4.69, 9.17) is 0 Å². The lowest BCUT2D eigenvalue weighted by atomic mass is 9.67. The summed E-state index contributed by atoms with van der Waals surface area (Å²) in [5.41, 5.74) is 0.330. The Morgan fingerprint density at radius 1 is 1.00 bits per heavy atom. The van der Waals surface area contributed by atoms with E-state index in [0.29, 0.717) is 12.1 Å². The van der Waals surface area contributed by atoms with Gasteiger partial charge in [0.25, 0.3) is 10.0 Å². The van der Waals surface area contributed by atoms with Gasteiger partial charge in [-0.3, -0.25) is 0 Å². The summed E-state index contributed by atoms with van der Waals surface area (Å²) in [6.07, 6.45) is 2.29. The Morgan fingerprint density at radius 3 is 2.07 bits per heavy atom. The monoisotopic (exact) mass is 413 g/mol. The quantitative estimate of drug-likeness (QED) is 0.715. The van der Waals surface area contributed by atoms with Crippen molar-refractivity contribution >= 4 is 15.7 Å². The molecular weight excluding hydrogens is 382 g/mol. The molecule has 5 heteroatoms. The number of aliphatic hydroxyl groups is 1. The van der Waals surface area contributed by atoms with Crippen molar-refractivity contribution in [1.29, 1.82) is 0 Å². The average Bonchev–Trinajstić information content (AvgIpc) is 2.93. The highest BCUT2D eigenvalue weighted by atomic mass is 32.2. The number of sulfonamides is 1. The predicted octanol–water partition coefficient (Wildman–Crippen LogP) is 5.03. The highest BCUT2D eigenvalue weighted by Gasteiger charge is 2.72. The molecule has 0 radical (unpaired) electrons. The molecule has 0 aliphatic heterocycles. The molecule has 4 nitrogen and oxygen atoms in total. The van der Waals surface area contributed by atoms with Crippen LogP contribution in [0.5, 0.6) is 0 Å². The Morgan fingerprint density at radius 2 is 1.59 bits per heavy atom. The summed E-state index contributed by atoms with van der Waals surface area (Å²) in [5.74, 6) is 0.289. The fourth-order valence-electron chi connectivity index (χ4n) is 5.86. The van der Waals surface area contributed by atoms with Crippen LogP contribution in [0.25, 0.3) is 0 Å². The zero-order valence-electron chi connectivity index (χ0n) is 17.9. The summed E-state index contributed by atoms with van der Waals surface area (Å²) in [6.45, 7) is 10.3. The molecule has 0 heterocycles. The van der Waals surface area contributed by atoms with Crippen molar-refractivity contribution in [2.45, 2.75) is 64.5 Å². The number of nitrogens with zero attached hydrogens (tertiary/aromatic N) is 1. The molecule has 2 aliphatic carbocycles. The van der Waals surface area contributed by atoms with E-state index >= 15 is 0 Å². The second-order valence-corrected chi connectivity index (χ2v) is 11.5. The molecule has 0 saturated heterocycles. The second kappa shape index (κ2) is 6.32. The molecule has 0 spiro atoms. The molecule has 2 saturated carbocycles. The Kier molecular flexibility index (Phi) is 4.45. The minimum absolute atomic E-state index is 0.148. The van der Waals surface area contributed by atoms with Crippen LogP contribution < -0.4 is 4.31 Å². The summed E-state index contributed by atoms with van der Waals surface area (Å²) in [5, 5.41) is 12.2. The molecule has 1 N–H and O–H groups in total. The van der Waals surface area contributed by atoms with Gasteiger partial charge in [-0.1, -0.05) is 45.0 Å². The molecule has 2 fully saturated rings. The summed E-state index contributed by atoms with van der Waals surface area (Å²) in [7, 11) is -3.96. The van der Waals surface area contributed by atoms with Crippen molar-refractivity contribution < 1.29 is 13.5 Å². The summed E-state index contributed by atoms with van der Waals surface area (Å²) in [4.78, 5) is 0.205. The van der Waals surface area contributed by atoms with Crippen LogP contribution in [0.15, 0.2) is 53.4 Å². The first-order valence-corrected chi connectivity index (χ1v) is 11.8. The molecule has 156 valence electrons. The van der Waals surface area contributed by atoms with Crippen molar-refractivity contribution in [2.24, 2.45) is 16.7 Å². The third kappa shape index (κ3) is 2.70. The van der Waals surface area contributed by atoms with E-state index in [1.165, 1.54) is 4.31 Å². The van der Waals surface area contributed by atoms with Gasteiger partial charge in [0.1, 0.15) is 0 Å². The molecule has 0 aromatic heterocycles. The van der Waals surface area contributed by atoms with Crippen LogP contribution in [-0.4, -0.2) is 19.2 Å². The van der Waals surface area contributed by atoms with E-state index < -0.39 is 21.2 Å². The lowest BCUT2D eigenvalue weighted by Gasteiger charge is -2.51. The molecule has 4 rings (SSSR count). The van der Waals surface area contributed by atoms with E-state index in [-0.39, 0.29) is 16.2 Å². The maximum Gasteiger partial charge on any atom is 0.266 e. The summed E-state index contributed by atoms with van der Waals surface area (Å²) < 4.78 is 29.2. The van der Waals surface area contributed by atoms with E-state index in [2.05, 4.69) is 20.8 Å². The van der Waals surface area contributed by atoms with Gasteiger partial charge in [0.15, 0.2) is 5.72 Å². The van der Waals surface area contributed by atoms with Crippen molar-refractivity contribution in [1.82, 2.24) is 0 Å².